The molecular weight excluding hydrogens is 196 g/mol. The Morgan fingerprint density at radius 2 is 1.75 bits per heavy atom. The van der Waals surface area contributed by atoms with Crippen LogP contribution in [-0.4, -0.2) is 11.7 Å². The third kappa shape index (κ3) is 3.97. The SMILES string of the molecule is CCC(CCO)c1ccc(CC(C)C)cc1. The number of aliphatic hydroxyl groups excluding tert-OH is 1. The van der Waals surface area contributed by atoms with Gasteiger partial charge in [0.25, 0.3) is 0 Å². The maximum Gasteiger partial charge on any atom is 0.0436 e. The highest BCUT2D eigenvalue weighted by molar-refractivity contribution is 5.25. The molecule has 0 aliphatic heterocycles. The van der Waals surface area contributed by atoms with E-state index < -0.39 is 0 Å². The second-order valence-corrected chi connectivity index (χ2v) is 4.96. The van der Waals surface area contributed by atoms with Gasteiger partial charge in [0.2, 0.25) is 0 Å². The molecule has 1 unspecified atom stereocenters. The summed E-state index contributed by atoms with van der Waals surface area (Å²) in [4.78, 5) is 0. The van der Waals surface area contributed by atoms with Crippen molar-refractivity contribution in [2.24, 2.45) is 5.92 Å². The molecule has 1 aromatic rings. The van der Waals surface area contributed by atoms with Crippen LogP contribution in [0.5, 0.6) is 0 Å². The van der Waals surface area contributed by atoms with Crippen LogP contribution in [0.15, 0.2) is 24.3 Å². The van der Waals surface area contributed by atoms with Gasteiger partial charge in [-0.1, -0.05) is 45.0 Å². The van der Waals surface area contributed by atoms with E-state index in [9.17, 15) is 0 Å². The highest BCUT2D eigenvalue weighted by Crippen LogP contribution is 2.23. The Morgan fingerprint density at radius 3 is 2.19 bits per heavy atom. The van der Waals surface area contributed by atoms with Crippen LogP contribution < -0.4 is 0 Å². The molecule has 0 bridgehead atoms. The standard InChI is InChI=1S/C15H24O/c1-4-14(9-10-16)15-7-5-13(6-8-15)11-12(2)3/h5-8,12,14,16H,4,9-11H2,1-3H3. The van der Waals surface area contributed by atoms with Crippen molar-refractivity contribution in [1.29, 1.82) is 0 Å². The van der Waals surface area contributed by atoms with Gasteiger partial charge >= 0.3 is 0 Å². The molecule has 0 saturated heterocycles. The summed E-state index contributed by atoms with van der Waals surface area (Å²) in [6, 6.07) is 8.91. The molecule has 0 saturated carbocycles. The molecule has 1 rings (SSSR count). The van der Waals surface area contributed by atoms with Gasteiger partial charge in [0.1, 0.15) is 0 Å². The average Bonchev–Trinajstić information content (AvgIpc) is 2.26. The Morgan fingerprint density at radius 1 is 1.12 bits per heavy atom. The smallest absolute Gasteiger partial charge is 0.0436 e. The number of hydrogen-bond donors (Lipinski definition) is 1. The second-order valence-electron chi connectivity index (χ2n) is 4.96. The Hall–Kier alpha value is -0.820. The van der Waals surface area contributed by atoms with Crippen molar-refractivity contribution in [1.82, 2.24) is 0 Å². The molecule has 90 valence electrons. The summed E-state index contributed by atoms with van der Waals surface area (Å²) in [5.41, 5.74) is 2.78. The lowest BCUT2D eigenvalue weighted by molar-refractivity contribution is 0.274. The van der Waals surface area contributed by atoms with Gasteiger partial charge in [0, 0.05) is 6.61 Å². The largest absolute Gasteiger partial charge is 0.396 e. The van der Waals surface area contributed by atoms with Gasteiger partial charge in [-0.25, -0.2) is 0 Å². The van der Waals surface area contributed by atoms with Crippen molar-refractivity contribution in [3.05, 3.63) is 35.4 Å². The molecular formula is C15H24O. The van der Waals surface area contributed by atoms with E-state index in [0.29, 0.717) is 11.8 Å². The summed E-state index contributed by atoms with van der Waals surface area (Å²) < 4.78 is 0. The molecule has 1 heteroatoms. The predicted molar refractivity (Wildman–Crippen MR) is 69.7 cm³/mol. The fourth-order valence-corrected chi connectivity index (χ4v) is 2.16. The first-order valence-corrected chi connectivity index (χ1v) is 6.37. The molecule has 0 fully saturated rings. The molecule has 0 aromatic heterocycles. The molecule has 16 heavy (non-hydrogen) atoms. The summed E-state index contributed by atoms with van der Waals surface area (Å²) in [5.74, 6) is 1.23. The van der Waals surface area contributed by atoms with E-state index in [-0.39, 0.29) is 6.61 Å². The Balaban J connectivity index is 2.69. The number of benzene rings is 1. The van der Waals surface area contributed by atoms with Crippen LogP contribution >= 0.6 is 0 Å². The minimum atomic E-state index is 0.284. The highest BCUT2D eigenvalue weighted by atomic mass is 16.3. The molecule has 1 atom stereocenters. The van der Waals surface area contributed by atoms with Crippen molar-refractivity contribution in [2.75, 3.05) is 6.61 Å². The summed E-state index contributed by atoms with van der Waals surface area (Å²) >= 11 is 0. The fraction of sp³-hybridized carbons (Fsp3) is 0.600. The molecule has 1 aromatic carbocycles. The third-order valence-electron chi connectivity index (χ3n) is 3.07. The summed E-state index contributed by atoms with van der Waals surface area (Å²) in [5, 5.41) is 9.00. The first-order valence-electron chi connectivity index (χ1n) is 6.37. The lowest BCUT2D eigenvalue weighted by Crippen LogP contribution is -2.01. The Labute approximate surface area is 99.5 Å². The quantitative estimate of drug-likeness (QED) is 0.774. The van der Waals surface area contributed by atoms with Crippen molar-refractivity contribution in [2.45, 2.75) is 46.0 Å². The van der Waals surface area contributed by atoms with Crippen molar-refractivity contribution >= 4 is 0 Å². The molecule has 1 nitrogen and oxygen atoms in total. The van der Waals surface area contributed by atoms with Gasteiger partial charge in [0.15, 0.2) is 0 Å². The predicted octanol–water partition coefficient (Wildman–Crippen LogP) is 3.76. The first-order chi connectivity index (χ1) is 7.67. The van der Waals surface area contributed by atoms with E-state index in [2.05, 4.69) is 45.0 Å². The summed E-state index contributed by atoms with van der Waals surface area (Å²) in [6.07, 6.45) is 3.13. The normalized spacial score (nSPS) is 13.1. The van der Waals surface area contributed by atoms with E-state index >= 15 is 0 Å². The molecule has 0 aliphatic rings. The van der Waals surface area contributed by atoms with Crippen LogP contribution in [-0.2, 0) is 6.42 Å². The van der Waals surface area contributed by atoms with E-state index in [1.807, 2.05) is 0 Å². The maximum atomic E-state index is 9.00. The molecule has 0 heterocycles. The van der Waals surface area contributed by atoms with Gasteiger partial charge in [-0.2, -0.15) is 0 Å². The van der Waals surface area contributed by atoms with Gasteiger partial charge in [-0.3, -0.25) is 0 Å². The molecule has 0 amide bonds. The Kier molecular flexibility index (Phi) is 5.54. The lowest BCUT2D eigenvalue weighted by atomic mass is 9.92. The minimum Gasteiger partial charge on any atom is -0.396 e. The topological polar surface area (TPSA) is 20.2 Å². The summed E-state index contributed by atoms with van der Waals surface area (Å²) in [7, 11) is 0. The van der Waals surface area contributed by atoms with Crippen LogP contribution in [0.1, 0.15) is 50.7 Å². The van der Waals surface area contributed by atoms with E-state index in [0.717, 1.165) is 19.3 Å². The monoisotopic (exact) mass is 220 g/mol. The van der Waals surface area contributed by atoms with Crippen LogP contribution in [0, 0.1) is 5.92 Å². The van der Waals surface area contributed by atoms with Gasteiger partial charge in [0.05, 0.1) is 0 Å². The maximum absolute atomic E-state index is 9.00. The first kappa shape index (κ1) is 13.2. The fourth-order valence-electron chi connectivity index (χ4n) is 2.16. The average molecular weight is 220 g/mol. The zero-order chi connectivity index (χ0) is 12.0. The van der Waals surface area contributed by atoms with E-state index in [4.69, 9.17) is 5.11 Å². The highest BCUT2D eigenvalue weighted by Gasteiger charge is 2.08. The van der Waals surface area contributed by atoms with Gasteiger partial charge in [-0.05, 0) is 42.2 Å². The molecule has 1 N–H and O–H groups in total. The molecule has 0 spiro atoms. The second kappa shape index (κ2) is 6.70. The van der Waals surface area contributed by atoms with Crippen LogP contribution in [0.25, 0.3) is 0 Å². The van der Waals surface area contributed by atoms with Gasteiger partial charge in [-0.15, -0.1) is 0 Å². The lowest BCUT2D eigenvalue weighted by Gasteiger charge is -2.14. The number of rotatable bonds is 6. The van der Waals surface area contributed by atoms with Crippen LogP contribution in [0.2, 0.25) is 0 Å². The van der Waals surface area contributed by atoms with Crippen molar-refractivity contribution in [3.63, 3.8) is 0 Å². The van der Waals surface area contributed by atoms with Gasteiger partial charge < -0.3 is 5.11 Å². The zero-order valence-corrected chi connectivity index (χ0v) is 10.7. The Bertz CT molecular complexity index is 287. The van der Waals surface area contributed by atoms with E-state index in [1.54, 1.807) is 0 Å². The minimum absolute atomic E-state index is 0.284. The van der Waals surface area contributed by atoms with Crippen LogP contribution in [0.4, 0.5) is 0 Å². The van der Waals surface area contributed by atoms with Crippen molar-refractivity contribution in [3.8, 4) is 0 Å². The molecule has 0 radical (unpaired) electrons. The number of hydrogen-bond acceptors (Lipinski definition) is 1. The van der Waals surface area contributed by atoms with Crippen molar-refractivity contribution < 1.29 is 5.11 Å². The molecule has 0 aliphatic carbocycles. The summed E-state index contributed by atoms with van der Waals surface area (Å²) in [6.45, 7) is 6.96. The van der Waals surface area contributed by atoms with Crippen LogP contribution in [0.3, 0.4) is 0 Å². The number of aliphatic hydroxyl groups is 1. The van der Waals surface area contributed by atoms with E-state index in [1.165, 1.54) is 11.1 Å². The third-order valence-corrected chi connectivity index (χ3v) is 3.07. The zero-order valence-electron chi connectivity index (χ0n) is 10.7.